The molecule has 1 aromatic carbocycles. The highest BCUT2D eigenvalue weighted by Gasteiger charge is 2.25. The van der Waals surface area contributed by atoms with Crippen molar-refractivity contribution in [2.75, 3.05) is 20.1 Å². The minimum Gasteiger partial charge on any atom is -0.309 e. The molecule has 1 aliphatic carbocycles. The number of benzene rings is 1. The zero-order chi connectivity index (χ0) is 11.4. The van der Waals surface area contributed by atoms with Gasteiger partial charge in [0.1, 0.15) is 0 Å². The van der Waals surface area contributed by atoms with E-state index < -0.39 is 0 Å². The summed E-state index contributed by atoms with van der Waals surface area (Å²) in [6.45, 7) is 4.46. The predicted octanol–water partition coefficient (Wildman–Crippen LogP) is 2.43. The van der Waals surface area contributed by atoms with Crippen LogP contribution in [0, 0.1) is 0 Å². The van der Waals surface area contributed by atoms with Gasteiger partial charge in [0.05, 0.1) is 0 Å². The number of nitrogens with zero attached hydrogens (tertiary/aromatic N) is 1. The highest BCUT2D eigenvalue weighted by atomic mass is 15.2. The molecule has 2 rings (SSSR count). The molecule has 0 bridgehead atoms. The molecule has 1 saturated carbocycles. The van der Waals surface area contributed by atoms with Crippen molar-refractivity contribution >= 4 is 0 Å². The van der Waals surface area contributed by atoms with Crippen molar-refractivity contribution in [3.05, 3.63) is 35.9 Å². The molecule has 1 aliphatic rings. The van der Waals surface area contributed by atoms with Crippen molar-refractivity contribution in [1.82, 2.24) is 10.2 Å². The van der Waals surface area contributed by atoms with E-state index in [1.165, 1.54) is 18.4 Å². The van der Waals surface area contributed by atoms with Gasteiger partial charge >= 0.3 is 0 Å². The van der Waals surface area contributed by atoms with Crippen molar-refractivity contribution in [2.45, 2.75) is 31.8 Å². The first kappa shape index (κ1) is 11.6. The number of likely N-dealkylation sites (N-methyl/N-ethyl adjacent to an activating group) is 1. The fourth-order valence-corrected chi connectivity index (χ4v) is 2.01. The molecular weight excluding hydrogens is 196 g/mol. The summed E-state index contributed by atoms with van der Waals surface area (Å²) in [6.07, 6.45) is 2.79. The molecule has 1 fully saturated rings. The molecule has 0 radical (unpaired) electrons. The second-order valence-corrected chi connectivity index (χ2v) is 4.80. The Morgan fingerprint density at radius 2 is 2.00 bits per heavy atom. The van der Waals surface area contributed by atoms with Crippen LogP contribution in [-0.4, -0.2) is 31.1 Å². The van der Waals surface area contributed by atoms with Crippen LogP contribution in [0.5, 0.6) is 0 Å². The molecule has 2 heteroatoms. The molecule has 1 unspecified atom stereocenters. The minimum atomic E-state index is 0.453. The monoisotopic (exact) mass is 218 g/mol. The van der Waals surface area contributed by atoms with Crippen LogP contribution in [0.4, 0.5) is 0 Å². The summed E-state index contributed by atoms with van der Waals surface area (Å²) in [5.74, 6) is 0. The largest absolute Gasteiger partial charge is 0.309 e. The summed E-state index contributed by atoms with van der Waals surface area (Å²) in [6, 6.07) is 12.0. The van der Waals surface area contributed by atoms with Gasteiger partial charge in [0.15, 0.2) is 0 Å². The Kier molecular flexibility index (Phi) is 3.97. The second kappa shape index (κ2) is 5.46. The van der Waals surface area contributed by atoms with Gasteiger partial charge in [0, 0.05) is 25.2 Å². The second-order valence-electron chi connectivity index (χ2n) is 4.80. The Hall–Kier alpha value is -0.860. The lowest BCUT2D eigenvalue weighted by molar-refractivity contribution is 0.316. The molecule has 0 saturated heterocycles. The zero-order valence-electron chi connectivity index (χ0n) is 10.3. The van der Waals surface area contributed by atoms with E-state index in [1.54, 1.807) is 0 Å². The van der Waals surface area contributed by atoms with Crippen LogP contribution < -0.4 is 5.32 Å². The van der Waals surface area contributed by atoms with Crippen LogP contribution in [0.15, 0.2) is 30.3 Å². The summed E-state index contributed by atoms with van der Waals surface area (Å²) in [7, 11) is 2.23. The Morgan fingerprint density at radius 3 is 2.62 bits per heavy atom. The molecule has 1 aromatic rings. The van der Waals surface area contributed by atoms with Gasteiger partial charge < -0.3 is 10.2 Å². The van der Waals surface area contributed by atoms with Crippen molar-refractivity contribution in [2.24, 2.45) is 0 Å². The Balaban J connectivity index is 1.69. The van der Waals surface area contributed by atoms with E-state index in [1.807, 2.05) is 0 Å². The lowest BCUT2D eigenvalue weighted by atomic mass is 10.1. The van der Waals surface area contributed by atoms with Gasteiger partial charge in [-0.3, -0.25) is 0 Å². The highest BCUT2D eigenvalue weighted by Crippen LogP contribution is 2.24. The van der Waals surface area contributed by atoms with Crippen LogP contribution in [0.2, 0.25) is 0 Å². The van der Waals surface area contributed by atoms with Crippen LogP contribution >= 0.6 is 0 Å². The highest BCUT2D eigenvalue weighted by molar-refractivity contribution is 5.17. The Morgan fingerprint density at radius 1 is 1.31 bits per heavy atom. The fourth-order valence-electron chi connectivity index (χ4n) is 2.01. The molecule has 88 valence electrons. The summed E-state index contributed by atoms with van der Waals surface area (Å²) < 4.78 is 0. The van der Waals surface area contributed by atoms with Gasteiger partial charge in [0.2, 0.25) is 0 Å². The molecule has 0 heterocycles. The van der Waals surface area contributed by atoms with Crippen LogP contribution in [-0.2, 0) is 0 Å². The molecule has 1 N–H and O–H groups in total. The number of rotatable bonds is 6. The molecular formula is C14H22N2. The molecule has 0 aliphatic heterocycles. The van der Waals surface area contributed by atoms with Crippen molar-refractivity contribution in [3.63, 3.8) is 0 Å². The maximum absolute atomic E-state index is 3.57. The van der Waals surface area contributed by atoms with E-state index in [2.05, 4.69) is 54.5 Å². The standard InChI is InChI=1S/C14H22N2/c1-12(13-6-4-3-5-7-13)15-10-11-16(2)14-8-9-14/h3-7,12,14-15H,8-11H2,1-2H3. The SMILES string of the molecule is CC(NCCN(C)C1CC1)c1ccccc1. The topological polar surface area (TPSA) is 15.3 Å². The predicted molar refractivity (Wildman–Crippen MR) is 68.5 cm³/mol. The zero-order valence-corrected chi connectivity index (χ0v) is 10.3. The first-order valence-electron chi connectivity index (χ1n) is 6.26. The third kappa shape index (κ3) is 3.32. The number of hydrogen-bond donors (Lipinski definition) is 1. The number of nitrogens with one attached hydrogen (secondary N) is 1. The first-order valence-corrected chi connectivity index (χ1v) is 6.26. The van der Waals surface area contributed by atoms with Crippen molar-refractivity contribution < 1.29 is 0 Å². The Bertz CT molecular complexity index is 306. The third-order valence-electron chi connectivity index (χ3n) is 3.38. The fraction of sp³-hybridized carbons (Fsp3) is 0.571. The molecule has 0 spiro atoms. The van der Waals surface area contributed by atoms with Gasteiger partial charge in [-0.15, -0.1) is 0 Å². The lowest BCUT2D eigenvalue weighted by Crippen LogP contribution is -2.31. The van der Waals surface area contributed by atoms with E-state index in [-0.39, 0.29) is 0 Å². The number of hydrogen-bond acceptors (Lipinski definition) is 2. The van der Waals surface area contributed by atoms with Gasteiger partial charge in [-0.1, -0.05) is 30.3 Å². The third-order valence-corrected chi connectivity index (χ3v) is 3.38. The average Bonchev–Trinajstić information content (AvgIpc) is 3.14. The minimum absolute atomic E-state index is 0.453. The van der Waals surface area contributed by atoms with Gasteiger partial charge in [-0.2, -0.15) is 0 Å². The lowest BCUT2D eigenvalue weighted by Gasteiger charge is -2.19. The Labute approximate surface area is 98.7 Å². The van der Waals surface area contributed by atoms with E-state index in [4.69, 9.17) is 0 Å². The van der Waals surface area contributed by atoms with Crippen LogP contribution in [0.25, 0.3) is 0 Å². The summed E-state index contributed by atoms with van der Waals surface area (Å²) in [5, 5.41) is 3.57. The molecule has 16 heavy (non-hydrogen) atoms. The normalized spacial score (nSPS) is 17.7. The van der Waals surface area contributed by atoms with E-state index in [0.29, 0.717) is 6.04 Å². The summed E-state index contributed by atoms with van der Waals surface area (Å²) >= 11 is 0. The van der Waals surface area contributed by atoms with Gasteiger partial charge in [-0.25, -0.2) is 0 Å². The van der Waals surface area contributed by atoms with Crippen LogP contribution in [0.3, 0.4) is 0 Å². The molecule has 0 aromatic heterocycles. The van der Waals surface area contributed by atoms with Gasteiger partial charge in [0.25, 0.3) is 0 Å². The summed E-state index contributed by atoms with van der Waals surface area (Å²) in [5.41, 5.74) is 1.37. The maximum Gasteiger partial charge on any atom is 0.0292 e. The van der Waals surface area contributed by atoms with Crippen molar-refractivity contribution in [1.29, 1.82) is 0 Å². The smallest absolute Gasteiger partial charge is 0.0292 e. The molecule has 1 atom stereocenters. The maximum atomic E-state index is 3.57. The van der Waals surface area contributed by atoms with Crippen molar-refractivity contribution in [3.8, 4) is 0 Å². The molecule has 0 amide bonds. The van der Waals surface area contributed by atoms with Crippen LogP contribution in [0.1, 0.15) is 31.4 Å². The van der Waals surface area contributed by atoms with E-state index in [9.17, 15) is 0 Å². The van der Waals surface area contributed by atoms with E-state index in [0.717, 1.165) is 19.1 Å². The molecule has 2 nitrogen and oxygen atoms in total. The quantitative estimate of drug-likeness (QED) is 0.789. The summed E-state index contributed by atoms with van der Waals surface area (Å²) in [4.78, 5) is 2.46. The average molecular weight is 218 g/mol. The van der Waals surface area contributed by atoms with Gasteiger partial charge in [-0.05, 0) is 32.4 Å². The van der Waals surface area contributed by atoms with E-state index >= 15 is 0 Å². The first-order chi connectivity index (χ1) is 7.77.